The molecule has 0 spiro atoms. The average molecular weight is 212 g/mol. The van der Waals surface area contributed by atoms with Crippen LogP contribution in [0.5, 0.6) is 0 Å². The molecule has 0 bridgehead atoms. The molecule has 1 aromatic rings. The van der Waals surface area contributed by atoms with Crippen LogP contribution in [-0.4, -0.2) is 46.2 Å². The number of amides is 1. The molecule has 82 valence electrons. The number of aromatic nitrogens is 2. The Bertz CT molecular complexity index is 360. The molecule has 0 radical (unpaired) electrons. The zero-order chi connectivity index (χ0) is 11.3. The smallest absolute Gasteiger partial charge is 0.269 e. The number of nitrogens with zero attached hydrogens (tertiary/aromatic N) is 4. The van der Waals surface area contributed by atoms with E-state index in [2.05, 4.69) is 20.3 Å². The van der Waals surface area contributed by atoms with Crippen LogP contribution in [0.3, 0.4) is 0 Å². The molecule has 8 nitrogen and oxygen atoms in total. The summed E-state index contributed by atoms with van der Waals surface area (Å²) in [6.45, 7) is 0.318. The number of imidazole rings is 1. The number of H-pyrrole nitrogens is 1. The third-order valence-electron chi connectivity index (χ3n) is 1.58. The molecule has 0 fully saturated rings. The molecule has 0 saturated carbocycles. The number of nitrogens with two attached hydrogens (primary N) is 1. The molecule has 1 aromatic heterocycles. The van der Waals surface area contributed by atoms with Gasteiger partial charge in [0.1, 0.15) is 0 Å². The summed E-state index contributed by atoms with van der Waals surface area (Å²) >= 11 is 0. The first-order chi connectivity index (χ1) is 7.15. The van der Waals surface area contributed by atoms with Crippen LogP contribution in [0, 0.1) is 0 Å². The number of aliphatic hydroxyl groups excluding tert-OH is 1. The number of aromatic amines is 1. The lowest BCUT2D eigenvalue weighted by Gasteiger charge is -2.07. The lowest BCUT2D eigenvalue weighted by molar-refractivity contribution is 0.0996. The maximum absolute atomic E-state index is 10.8. The number of aliphatic hydroxyl groups is 1. The van der Waals surface area contributed by atoms with Crippen molar-refractivity contribution in [2.45, 2.75) is 0 Å². The Morgan fingerprint density at radius 2 is 2.53 bits per heavy atom. The largest absolute Gasteiger partial charge is 0.394 e. The van der Waals surface area contributed by atoms with Gasteiger partial charge in [-0.25, -0.2) is 4.98 Å². The van der Waals surface area contributed by atoms with E-state index in [1.54, 1.807) is 7.05 Å². The van der Waals surface area contributed by atoms with Crippen LogP contribution in [0.2, 0.25) is 0 Å². The summed E-state index contributed by atoms with van der Waals surface area (Å²) in [7, 11) is 1.64. The van der Waals surface area contributed by atoms with Crippen molar-refractivity contribution >= 4 is 11.7 Å². The molecule has 8 heteroatoms. The van der Waals surface area contributed by atoms with Crippen molar-refractivity contribution in [1.29, 1.82) is 0 Å². The number of rotatable bonds is 5. The lowest BCUT2D eigenvalue weighted by Crippen LogP contribution is -2.15. The fourth-order valence-electron chi connectivity index (χ4n) is 0.852. The molecule has 0 atom stereocenters. The van der Waals surface area contributed by atoms with Crippen LogP contribution in [-0.2, 0) is 0 Å². The molecule has 1 rings (SSSR count). The van der Waals surface area contributed by atoms with Gasteiger partial charge in [0.15, 0.2) is 5.69 Å². The maximum atomic E-state index is 10.8. The molecule has 4 N–H and O–H groups in total. The Kier molecular flexibility index (Phi) is 3.75. The van der Waals surface area contributed by atoms with Crippen LogP contribution >= 0.6 is 0 Å². The number of primary amides is 1. The first kappa shape index (κ1) is 11.1. The van der Waals surface area contributed by atoms with Gasteiger partial charge in [-0.15, -0.1) is 5.11 Å². The zero-order valence-corrected chi connectivity index (χ0v) is 8.21. The minimum absolute atomic E-state index is 0.0290. The van der Waals surface area contributed by atoms with Crippen molar-refractivity contribution < 1.29 is 9.90 Å². The van der Waals surface area contributed by atoms with E-state index in [4.69, 9.17) is 10.8 Å². The predicted octanol–water partition coefficient (Wildman–Crippen LogP) is -0.569. The van der Waals surface area contributed by atoms with Crippen molar-refractivity contribution in [1.82, 2.24) is 15.0 Å². The van der Waals surface area contributed by atoms with Crippen molar-refractivity contribution in [3.8, 4) is 0 Å². The van der Waals surface area contributed by atoms with Gasteiger partial charge in [0.05, 0.1) is 19.5 Å². The van der Waals surface area contributed by atoms with Crippen LogP contribution in [0.15, 0.2) is 16.7 Å². The molecule has 0 saturated heterocycles. The fourth-order valence-corrected chi connectivity index (χ4v) is 0.852. The fraction of sp³-hybridized carbons (Fsp3) is 0.429. The molecule has 1 amide bonds. The molecule has 0 aliphatic rings. The first-order valence-electron chi connectivity index (χ1n) is 4.22. The number of carbonyl (C=O) groups excluding carboxylic acids is 1. The maximum Gasteiger partial charge on any atom is 0.269 e. The molecule has 0 aliphatic heterocycles. The third-order valence-corrected chi connectivity index (χ3v) is 1.58. The van der Waals surface area contributed by atoms with E-state index < -0.39 is 5.91 Å². The Balaban J connectivity index is 2.71. The van der Waals surface area contributed by atoms with E-state index in [-0.39, 0.29) is 18.1 Å². The van der Waals surface area contributed by atoms with Gasteiger partial charge in [-0.2, -0.15) is 0 Å². The van der Waals surface area contributed by atoms with Crippen LogP contribution in [0.4, 0.5) is 5.82 Å². The molecule has 15 heavy (non-hydrogen) atoms. The molecule has 0 unspecified atom stereocenters. The molecule has 1 heterocycles. The standard InChI is InChI=1S/C7H12N6O2/c1-13(2-3-14)12-11-7-5(6(8)15)9-4-10-7/h4,14H,2-3H2,1H3,(H2,8,15)(H,9,10)/b12-11+. The van der Waals surface area contributed by atoms with Gasteiger partial charge >= 0.3 is 0 Å². The van der Waals surface area contributed by atoms with Crippen molar-refractivity contribution in [3.05, 3.63) is 12.0 Å². The Morgan fingerprint density at radius 1 is 1.80 bits per heavy atom. The summed E-state index contributed by atoms with van der Waals surface area (Å²) < 4.78 is 0. The lowest BCUT2D eigenvalue weighted by atomic mass is 10.4. The predicted molar refractivity (Wildman–Crippen MR) is 51.3 cm³/mol. The van der Waals surface area contributed by atoms with E-state index in [9.17, 15) is 4.79 Å². The van der Waals surface area contributed by atoms with Gasteiger partial charge in [0, 0.05) is 7.05 Å². The average Bonchev–Trinajstić information content (AvgIpc) is 2.63. The van der Waals surface area contributed by atoms with Gasteiger partial charge in [-0.3, -0.25) is 9.80 Å². The third kappa shape index (κ3) is 3.02. The van der Waals surface area contributed by atoms with Crippen molar-refractivity contribution in [2.75, 3.05) is 20.2 Å². The summed E-state index contributed by atoms with van der Waals surface area (Å²) in [6, 6.07) is 0. The van der Waals surface area contributed by atoms with Crippen LogP contribution < -0.4 is 5.73 Å². The van der Waals surface area contributed by atoms with E-state index in [1.165, 1.54) is 11.3 Å². The Hall–Kier alpha value is -1.96. The van der Waals surface area contributed by atoms with Crippen LogP contribution in [0.1, 0.15) is 10.5 Å². The summed E-state index contributed by atoms with van der Waals surface area (Å²) in [4.78, 5) is 17.2. The quantitative estimate of drug-likeness (QED) is 0.447. The summed E-state index contributed by atoms with van der Waals surface area (Å²) in [5, 5.41) is 17.4. The highest BCUT2D eigenvalue weighted by Crippen LogP contribution is 2.13. The first-order valence-corrected chi connectivity index (χ1v) is 4.22. The van der Waals surface area contributed by atoms with Gasteiger partial charge in [0.25, 0.3) is 5.91 Å². The second kappa shape index (κ2) is 5.05. The molecule has 0 aliphatic carbocycles. The van der Waals surface area contributed by atoms with Gasteiger partial charge in [0.2, 0.25) is 5.82 Å². The monoisotopic (exact) mass is 212 g/mol. The Labute approximate surface area is 85.8 Å². The number of carbonyl (C=O) groups is 1. The second-order valence-electron chi connectivity index (χ2n) is 2.76. The van der Waals surface area contributed by atoms with Gasteiger partial charge in [-0.1, -0.05) is 5.22 Å². The number of likely N-dealkylation sites (N-methyl/N-ethyl adjacent to an activating group) is 1. The van der Waals surface area contributed by atoms with E-state index in [0.717, 1.165) is 0 Å². The zero-order valence-electron chi connectivity index (χ0n) is 8.21. The van der Waals surface area contributed by atoms with Gasteiger partial charge in [-0.05, 0) is 0 Å². The van der Waals surface area contributed by atoms with Crippen molar-refractivity contribution in [3.63, 3.8) is 0 Å². The highest BCUT2D eigenvalue weighted by Gasteiger charge is 2.09. The van der Waals surface area contributed by atoms with E-state index >= 15 is 0 Å². The highest BCUT2D eigenvalue weighted by atomic mass is 16.3. The number of hydrogen-bond donors (Lipinski definition) is 3. The summed E-state index contributed by atoms with van der Waals surface area (Å²) in [5.74, 6) is -0.515. The number of hydrogen-bond acceptors (Lipinski definition) is 5. The normalized spacial score (nSPS) is 10.8. The number of nitrogens with one attached hydrogen (secondary N) is 1. The molecule has 0 aromatic carbocycles. The topological polar surface area (TPSA) is 120 Å². The van der Waals surface area contributed by atoms with Gasteiger partial charge < -0.3 is 15.8 Å². The van der Waals surface area contributed by atoms with Crippen molar-refractivity contribution in [2.24, 2.45) is 16.1 Å². The Morgan fingerprint density at radius 3 is 3.13 bits per heavy atom. The van der Waals surface area contributed by atoms with E-state index in [1.807, 2.05) is 0 Å². The summed E-state index contributed by atoms with van der Waals surface area (Å²) in [6.07, 6.45) is 1.31. The molecular formula is C7H12N6O2. The minimum Gasteiger partial charge on any atom is -0.394 e. The minimum atomic E-state index is -0.647. The van der Waals surface area contributed by atoms with Crippen LogP contribution in [0.25, 0.3) is 0 Å². The summed E-state index contributed by atoms with van der Waals surface area (Å²) in [5.41, 5.74) is 5.17. The van der Waals surface area contributed by atoms with E-state index in [0.29, 0.717) is 6.54 Å². The SMILES string of the molecule is CN(CCO)/N=N/c1nc[nH]c1C(N)=O. The molecular weight excluding hydrogens is 200 g/mol. The second-order valence-corrected chi connectivity index (χ2v) is 2.76. The highest BCUT2D eigenvalue weighted by molar-refractivity contribution is 5.94.